The molecule has 4 aromatic rings. The van der Waals surface area contributed by atoms with E-state index in [4.69, 9.17) is 0 Å². The number of benzene rings is 4. The molecule has 0 N–H and O–H groups in total. The first kappa shape index (κ1) is 21.8. The fourth-order valence-corrected chi connectivity index (χ4v) is 5.31. The van der Waals surface area contributed by atoms with Crippen molar-refractivity contribution in [1.29, 1.82) is 0 Å². The maximum atomic E-state index is 13.6. The third-order valence-electron chi connectivity index (χ3n) is 5.11. The topological polar surface area (TPSA) is 120 Å². The molecule has 9 heteroatoms. The van der Waals surface area contributed by atoms with E-state index in [1.807, 2.05) is 0 Å². The Hall–Kier alpha value is -4.37. The van der Waals surface area contributed by atoms with Crippen LogP contribution in [0.15, 0.2) is 107 Å². The van der Waals surface area contributed by atoms with Gasteiger partial charge in [0, 0.05) is 0 Å². The van der Waals surface area contributed by atoms with Crippen LogP contribution in [0.25, 0.3) is 22.3 Å². The van der Waals surface area contributed by atoms with E-state index < -0.39 is 40.8 Å². The molecule has 0 aromatic heterocycles. The number of nitro groups is 2. The van der Waals surface area contributed by atoms with Crippen molar-refractivity contribution in [2.24, 2.45) is 0 Å². The molecule has 0 aliphatic heterocycles. The quantitative estimate of drug-likeness (QED) is 0.270. The molecule has 4 aromatic carbocycles. The number of rotatable bonds is 6. The first-order chi connectivity index (χ1) is 15.8. The highest BCUT2D eigenvalue weighted by molar-refractivity contribution is 7.91. The van der Waals surface area contributed by atoms with Gasteiger partial charge < -0.3 is 0 Å². The van der Waals surface area contributed by atoms with Crippen molar-refractivity contribution in [2.75, 3.05) is 0 Å². The summed E-state index contributed by atoms with van der Waals surface area (Å²) in [5, 5.41) is 24.0. The van der Waals surface area contributed by atoms with Crippen molar-refractivity contribution in [3.8, 4) is 22.3 Å². The minimum atomic E-state index is -4.63. The van der Waals surface area contributed by atoms with Crippen LogP contribution in [-0.2, 0) is 9.84 Å². The number of sulfone groups is 1. The van der Waals surface area contributed by atoms with Gasteiger partial charge in [0.05, 0.1) is 21.0 Å². The van der Waals surface area contributed by atoms with Crippen molar-refractivity contribution in [3.05, 3.63) is 117 Å². The monoisotopic (exact) mass is 460 g/mol. The standard InChI is InChI=1S/C24H16N2O6S/c27-25(28)23-19(17-9-3-1-4-10-17)13-7-15-21(23)33(31,32)22-16-8-14-20(24(22)26(29)30)18-11-5-2-6-12-18/h1-16H. The highest BCUT2D eigenvalue weighted by Gasteiger charge is 2.36. The Bertz CT molecular complexity index is 1360. The summed E-state index contributed by atoms with van der Waals surface area (Å²) in [4.78, 5) is 21.2. The number of para-hydroxylation sites is 2. The van der Waals surface area contributed by atoms with Gasteiger partial charge in [-0.1, -0.05) is 72.8 Å². The molecule has 8 nitrogen and oxygen atoms in total. The summed E-state index contributed by atoms with van der Waals surface area (Å²) in [7, 11) is -4.63. The molecule has 0 aliphatic rings. The van der Waals surface area contributed by atoms with Crippen LogP contribution in [0.2, 0.25) is 0 Å². The second kappa shape index (κ2) is 8.64. The summed E-state index contributed by atoms with van der Waals surface area (Å²) in [6, 6.07) is 24.5. The fourth-order valence-electron chi connectivity index (χ4n) is 3.67. The zero-order chi connectivity index (χ0) is 23.6. The van der Waals surface area contributed by atoms with Gasteiger partial charge in [0.1, 0.15) is 0 Å². The fraction of sp³-hybridized carbons (Fsp3) is 0. The molecule has 0 saturated carbocycles. The predicted molar refractivity (Wildman–Crippen MR) is 123 cm³/mol. The number of hydrogen-bond donors (Lipinski definition) is 0. The van der Waals surface area contributed by atoms with Gasteiger partial charge in [0.2, 0.25) is 9.84 Å². The zero-order valence-electron chi connectivity index (χ0n) is 17.0. The lowest BCUT2D eigenvalue weighted by Crippen LogP contribution is -2.10. The maximum absolute atomic E-state index is 13.6. The number of hydrogen-bond acceptors (Lipinski definition) is 6. The van der Waals surface area contributed by atoms with E-state index in [1.54, 1.807) is 60.7 Å². The normalized spacial score (nSPS) is 11.2. The molecule has 0 bridgehead atoms. The summed E-state index contributed by atoms with van der Waals surface area (Å²) < 4.78 is 27.3. The zero-order valence-corrected chi connectivity index (χ0v) is 17.8. The first-order valence-corrected chi connectivity index (χ1v) is 11.2. The third kappa shape index (κ3) is 3.97. The van der Waals surface area contributed by atoms with Gasteiger partial charge in [-0.05, 0) is 35.4 Å². The van der Waals surface area contributed by atoms with Crippen molar-refractivity contribution in [2.45, 2.75) is 9.79 Å². The molecule has 0 saturated heterocycles. The van der Waals surface area contributed by atoms with Crippen LogP contribution >= 0.6 is 0 Å². The lowest BCUT2D eigenvalue weighted by atomic mass is 10.0. The Morgan fingerprint density at radius 3 is 1.21 bits per heavy atom. The molecule has 0 spiro atoms. The molecule has 0 fully saturated rings. The second-order valence-electron chi connectivity index (χ2n) is 7.05. The molecule has 0 amide bonds. The van der Waals surface area contributed by atoms with Crippen molar-refractivity contribution in [1.82, 2.24) is 0 Å². The van der Waals surface area contributed by atoms with Gasteiger partial charge in [0.15, 0.2) is 9.79 Å². The summed E-state index contributed by atoms with van der Waals surface area (Å²) >= 11 is 0. The van der Waals surface area contributed by atoms with Crippen LogP contribution in [0, 0.1) is 20.2 Å². The van der Waals surface area contributed by atoms with E-state index in [1.165, 1.54) is 24.3 Å². The minimum Gasteiger partial charge on any atom is -0.258 e. The molecular weight excluding hydrogens is 444 g/mol. The Labute approximate surface area is 189 Å². The van der Waals surface area contributed by atoms with Gasteiger partial charge in [-0.25, -0.2) is 8.42 Å². The van der Waals surface area contributed by atoms with E-state index in [-0.39, 0.29) is 11.1 Å². The number of nitrogens with zero attached hydrogens (tertiary/aromatic N) is 2. The van der Waals surface area contributed by atoms with Crippen molar-refractivity contribution >= 4 is 21.2 Å². The molecule has 4 rings (SSSR count). The highest BCUT2D eigenvalue weighted by Crippen LogP contribution is 2.42. The van der Waals surface area contributed by atoms with Crippen molar-refractivity contribution < 1.29 is 18.3 Å². The van der Waals surface area contributed by atoms with E-state index in [0.717, 1.165) is 12.1 Å². The Morgan fingerprint density at radius 1 is 0.515 bits per heavy atom. The molecule has 33 heavy (non-hydrogen) atoms. The van der Waals surface area contributed by atoms with E-state index >= 15 is 0 Å². The van der Waals surface area contributed by atoms with Gasteiger partial charge in [-0.2, -0.15) is 0 Å². The average Bonchev–Trinajstić information content (AvgIpc) is 2.84. The van der Waals surface area contributed by atoms with Crippen LogP contribution < -0.4 is 0 Å². The van der Waals surface area contributed by atoms with Gasteiger partial charge in [-0.15, -0.1) is 0 Å². The lowest BCUT2D eigenvalue weighted by Gasteiger charge is -2.11. The maximum Gasteiger partial charge on any atom is 0.296 e. The highest BCUT2D eigenvalue weighted by atomic mass is 32.2. The third-order valence-corrected chi connectivity index (χ3v) is 6.93. The van der Waals surface area contributed by atoms with Crippen molar-refractivity contribution in [3.63, 3.8) is 0 Å². The minimum absolute atomic E-state index is 0.101. The molecule has 0 heterocycles. The van der Waals surface area contributed by atoms with Crippen LogP contribution in [-0.4, -0.2) is 18.3 Å². The summed E-state index contributed by atoms with van der Waals surface area (Å²) in [6.45, 7) is 0. The van der Waals surface area contributed by atoms with E-state index in [0.29, 0.717) is 11.1 Å². The molecular formula is C24H16N2O6S. The van der Waals surface area contributed by atoms with Crippen LogP contribution in [0.3, 0.4) is 0 Å². The van der Waals surface area contributed by atoms with Crippen LogP contribution in [0.5, 0.6) is 0 Å². The average molecular weight is 460 g/mol. The summed E-state index contributed by atoms with van der Waals surface area (Å²) in [6.07, 6.45) is 0. The van der Waals surface area contributed by atoms with Crippen LogP contribution in [0.4, 0.5) is 11.4 Å². The first-order valence-electron chi connectivity index (χ1n) is 9.73. The summed E-state index contributed by atoms with van der Waals surface area (Å²) in [5.74, 6) is 0. The Morgan fingerprint density at radius 2 is 0.879 bits per heavy atom. The van der Waals surface area contributed by atoms with E-state index in [9.17, 15) is 28.6 Å². The molecule has 0 atom stereocenters. The smallest absolute Gasteiger partial charge is 0.258 e. The van der Waals surface area contributed by atoms with E-state index in [2.05, 4.69) is 0 Å². The van der Waals surface area contributed by atoms with Gasteiger partial charge >= 0.3 is 0 Å². The van der Waals surface area contributed by atoms with Gasteiger partial charge in [0.25, 0.3) is 11.4 Å². The van der Waals surface area contributed by atoms with Gasteiger partial charge in [-0.3, -0.25) is 20.2 Å². The SMILES string of the molecule is O=[N+]([O-])c1c(-c2ccccc2)cccc1S(=O)(=O)c1cccc(-c2ccccc2)c1[N+](=O)[O-]. The molecule has 0 unspecified atom stereocenters. The molecule has 0 aliphatic carbocycles. The summed E-state index contributed by atoms with van der Waals surface area (Å²) in [5.41, 5.74) is -0.166. The number of nitro benzene ring substituents is 2. The molecule has 0 radical (unpaired) electrons. The largest absolute Gasteiger partial charge is 0.296 e. The molecule has 164 valence electrons. The lowest BCUT2D eigenvalue weighted by molar-refractivity contribution is -0.387. The predicted octanol–water partition coefficient (Wildman–Crippen LogP) is 5.67. The Kier molecular flexibility index (Phi) is 5.72. The second-order valence-corrected chi connectivity index (χ2v) is 8.94. The Balaban J connectivity index is 2.01. The van der Waals surface area contributed by atoms with Crippen LogP contribution in [0.1, 0.15) is 0 Å².